The maximum absolute atomic E-state index is 11.2. The minimum atomic E-state index is -0.491. The first-order chi connectivity index (χ1) is 9.63. The van der Waals surface area contributed by atoms with Gasteiger partial charge in [-0.15, -0.1) is 0 Å². The van der Waals surface area contributed by atoms with Crippen molar-refractivity contribution in [3.05, 3.63) is 15.9 Å². The molecule has 0 aliphatic carbocycles. The zero-order valence-corrected chi connectivity index (χ0v) is 12.3. The molecule has 1 N–H and O–H groups in total. The van der Waals surface area contributed by atoms with Crippen molar-refractivity contribution in [3.8, 4) is 5.88 Å². The van der Waals surface area contributed by atoms with Gasteiger partial charge in [0.2, 0.25) is 5.82 Å². The number of rotatable bonds is 9. The van der Waals surface area contributed by atoms with Crippen molar-refractivity contribution in [2.45, 2.75) is 46.5 Å². The molecule has 0 bridgehead atoms. The Bertz CT molecular complexity index is 451. The second-order valence-electron chi connectivity index (χ2n) is 4.38. The zero-order valence-electron chi connectivity index (χ0n) is 12.3. The van der Waals surface area contributed by atoms with Crippen LogP contribution in [0.3, 0.4) is 0 Å². The van der Waals surface area contributed by atoms with Crippen LogP contribution in [0, 0.1) is 10.1 Å². The van der Waals surface area contributed by atoms with Gasteiger partial charge in [0.1, 0.15) is 5.82 Å². The number of nitrogens with zero attached hydrogens (tertiary/aromatic N) is 3. The van der Waals surface area contributed by atoms with Crippen LogP contribution >= 0.6 is 0 Å². The highest BCUT2D eigenvalue weighted by molar-refractivity contribution is 5.61. The Morgan fingerprint density at radius 2 is 2.00 bits per heavy atom. The minimum absolute atomic E-state index is 0.0675. The molecule has 7 heteroatoms. The Morgan fingerprint density at radius 3 is 2.55 bits per heavy atom. The van der Waals surface area contributed by atoms with Crippen molar-refractivity contribution in [2.24, 2.45) is 0 Å². The van der Waals surface area contributed by atoms with E-state index < -0.39 is 4.92 Å². The third-order valence-corrected chi connectivity index (χ3v) is 2.64. The lowest BCUT2D eigenvalue weighted by Crippen LogP contribution is -2.11. The number of ether oxygens (including phenoxy) is 1. The Morgan fingerprint density at radius 1 is 1.25 bits per heavy atom. The predicted molar refractivity (Wildman–Crippen MR) is 77.2 cm³/mol. The van der Waals surface area contributed by atoms with Crippen molar-refractivity contribution < 1.29 is 9.66 Å². The molecule has 0 fully saturated rings. The smallest absolute Gasteiger partial charge is 0.372 e. The SMILES string of the molecule is CCCCOc1nc(CCC)nc(NCC)c1[N+](=O)[O-]. The van der Waals surface area contributed by atoms with Crippen LogP contribution in [-0.4, -0.2) is 28.0 Å². The first kappa shape index (κ1) is 16.1. The van der Waals surface area contributed by atoms with E-state index in [1.807, 2.05) is 20.8 Å². The van der Waals surface area contributed by atoms with Gasteiger partial charge in [-0.05, 0) is 19.8 Å². The monoisotopic (exact) mass is 282 g/mol. The van der Waals surface area contributed by atoms with Gasteiger partial charge in [-0.25, -0.2) is 4.98 Å². The van der Waals surface area contributed by atoms with Gasteiger partial charge in [0.15, 0.2) is 0 Å². The van der Waals surface area contributed by atoms with Gasteiger partial charge in [-0.2, -0.15) is 4.98 Å². The van der Waals surface area contributed by atoms with E-state index in [0.29, 0.717) is 25.4 Å². The summed E-state index contributed by atoms with van der Waals surface area (Å²) in [6, 6.07) is 0. The van der Waals surface area contributed by atoms with E-state index in [1.165, 1.54) is 0 Å². The molecule has 1 aromatic heterocycles. The van der Waals surface area contributed by atoms with E-state index in [1.54, 1.807) is 0 Å². The van der Waals surface area contributed by atoms with Crippen molar-refractivity contribution in [1.29, 1.82) is 0 Å². The molecule has 0 atom stereocenters. The number of hydrogen-bond acceptors (Lipinski definition) is 6. The average molecular weight is 282 g/mol. The van der Waals surface area contributed by atoms with Crippen LogP contribution in [0.2, 0.25) is 0 Å². The zero-order chi connectivity index (χ0) is 15.0. The fourth-order valence-electron chi connectivity index (χ4n) is 1.68. The van der Waals surface area contributed by atoms with E-state index in [4.69, 9.17) is 4.74 Å². The van der Waals surface area contributed by atoms with Gasteiger partial charge < -0.3 is 10.1 Å². The van der Waals surface area contributed by atoms with Crippen molar-refractivity contribution in [1.82, 2.24) is 9.97 Å². The molecule has 0 aliphatic heterocycles. The van der Waals surface area contributed by atoms with E-state index in [-0.39, 0.29) is 17.4 Å². The van der Waals surface area contributed by atoms with Gasteiger partial charge in [0.05, 0.1) is 11.5 Å². The molecule has 0 unspecified atom stereocenters. The van der Waals surface area contributed by atoms with Crippen molar-refractivity contribution in [3.63, 3.8) is 0 Å². The fraction of sp³-hybridized carbons (Fsp3) is 0.692. The summed E-state index contributed by atoms with van der Waals surface area (Å²) in [5.41, 5.74) is -0.178. The summed E-state index contributed by atoms with van der Waals surface area (Å²) >= 11 is 0. The number of aryl methyl sites for hydroxylation is 1. The molecule has 0 aliphatic rings. The van der Waals surface area contributed by atoms with Crippen LogP contribution < -0.4 is 10.1 Å². The van der Waals surface area contributed by atoms with Gasteiger partial charge in [-0.3, -0.25) is 10.1 Å². The molecular formula is C13H22N4O3. The van der Waals surface area contributed by atoms with Gasteiger partial charge in [0.25, 0.3) is 5.88 Å². The molecular weight excluding hydrogens is 260 g/mol. The van der Waals surface area contributed by atoms with Crippen LogP contribution in [-0.2, 0) is 6.42 Å². The maximum atomic E-state index is 11.2. The normalized spacial score (nSPS) is 10.3. The highest BCUT2D eigenvalue weighted by Gasteiger charge is 2.25. The highest BCUT2D eigenvalue weighted by atomic mass is 16.6. The highest BCUT2D eigenvalue weighted by Crippen LogP contribution is 2.32. The van der Waals surface area contributed by atoms with Crippen LogP contribution in [0.4, 0.5) is 11.5 Å². The van der Waals surface area contributed by atoms with E-state index in [0.717, 1.165) is 19.3 Å². The lowest BCUT2D eigenvalue weighted by Gasteiger charge is -2.10. The van der Waals surface area contributed by atoms with E-state index >= 15 is 0 Å². The summed E-state index contributed by atoms with van der Waals surface area (Å²) in [7, 11) is 0. The molecule has 0 radical (unpaired) electrons. The minimum Gasteiger partial charge on any atom is -0.473 e. The van der Waals surface area contributed by atoms with Crippen LogP contribution in [0.1, 0.15) is 45.9 Å². The Kier molecular flexibility index (Phi) is 6.69. The summed E-state index contributed by atoms with van der Waals surface area (Å²) in [5, 5.41) is 14.1. The van der Waals surface area contributed by atoms with Gasteiger partial charge in [-0.1, -0.05) is 20.3 Å². The molecule has 1 rings (SSSR count). The summed E-state index contributed by atoms with van der Waals surface area (Å²) in [5.74, 6) is 0.876. The number of hydrogen-bond donors (Lipinski definition) is 1. The van der Waals surface area contributed by atoms with Crippen LogP contribution in [0.15, 0.2) is 0 Å². The van der Waals surface area contributed by atoms with E-state index in [2.05, 4.69) is 15.3 Å². The summed E-state index contributed by atoms with van der Waals surface area (Å²) < 4.78 is 5.48. The molecule has 0 aromatic carbocycles. The average Bonchev–Trinajstić information content (AvgIpc) is 2.39. The number of unbranched alkanes of at least 4 members (excludes halogenated alkanes) is 1. The van der Waals surface area contributed by atoms with E-state index in [9.17, 15) is 10.1 Å². The molecule has 1 aromatic rings. The number of nitrogens with one attached hydrogen (secondary N) is 1. The predicted octanol–water partition coefficient (Wildman–Crippen LogP) is 2.95. The summed E-state index contributed by atoms with van der Waals surface area (Å²) in [6.07, 6.45) is 3.33. The Hall–Kier alpha value is -1.92. The topological polar surface area (TPSA) is 90.2 Å². The quantitative estimate of drug-likeness (QED) is 0.425. The largest absolute Gasteiger partial charge is 0.473 e. The molecule has 112 valence electrons. The number of aromatic nitrogens is 2. The van der Waals surface area contributed by atoms with Crippen molar-refractivity contribution in [2.75, 3.05) is 18.5 Å². The fourth-order valence-corrected chi connectivity index (χ4v) is 1.68. The molecule has 0 saturated carbocycles. The number of anilines is 1. The molecule has 0 spiro atoms. The third kappa shape index (κ3) is 4.32. The van der Waals surface area contributed by atoms with Gasteiger partial charge >= 0.3 is 5.69 Å². The van der Waals surface area contributed by atoms with Gasteiger partial charge in [0, 0.05) is 13.0 Å². The standard InChI is InChI=1S/C13H22N4O3/c1-4-7-9-20-13-11(17(18)19)12(14-6-3)15-10(16-13)8-5-2/h4-9H2,1-3H3,(H,14,15,16). The second-order valence-corrected chi connectivity index (χ2v) is 4.38. The van der Waals surface area contributed by atoms with Crippen molar-refractivity contribution >= 4 is 11.5 Å². The second kappa shape index (κ2) is 8.29. The summed E-state index contributed by atoms with van der Waals surface area (Å²) in [6.45, 7) is 6.88. The summed E-state index contributed by atoms with van der Waals surface area (Å²) in [4.78, 5) is 19.1. The Labute approximate surface area is 118 Å². The molecule has 20 heavy (non-hydrogen) atoms. The molecule has 7 nitrogen and oxygen atoms in total. The number of nitro groups is 1. The lowest BCUT2D eigenvalue weighted by molar-refractivity contribution is -0.385. The first-order valence-corrected chi connectivity index (χ1v) is 7.05. The molecule has 1 heterocycles. The Balaban J connectivity index is 3.15. The maximum Gasteiger partial charge on any atom is 0.372 e. The first-order valence-electron chi connectivity index (χ1n) is 7.05. The third-order valence-electron chi connectivity index (χ3n) is 2.64. The van der Waals surface area contributed by atoms with Crippen LogP contribution in [0.25, 0.3) is 0 Å². The molecule has 0 saturated heterocycles. The van der Waals surface area contributed by atoms with Crippen LogP contribution in [0.5, 0.6) is 5.88 Å². The lowest BCUT2D eigenvalue weighted by atomic mass is 10.3. The molecule has 0 amide bonds.